The Balaban J connectivity index is 1.88. The molecule has 1 saturated heterocycles. The van der Waals surface area contributed by atoms with Crippen LogP contribution < -0.4 is 5.32 Å². The number of benzene rings is 1. The number of rotatable bonds is 4. The second-order valence-corrected chi connectivity index (χ2v) is 7.13. The fourth-order valence-corrected chi connectivity index (χ4v) is 3.89. The van der Waals surface area contributed by atoms with Crippen molar-refractivity contribution in [1.29, 1.82) is 0 Å². The highest BCUT2D eigenvalue weighted by Gasteiger charge is 2.50. The van der Waals surface area contributed by atoms with E-state index in [0.717, 1.165) is 9.37 Å². The lowest BCUT2D eigenvalue weighted by molar-refractivity contribution is -0.130. The number of nitrogens with zero attached hydrogens (tertiary/aromatic N) is 1. The van der Waals surface area contributed by atoms with Crippen molar-refractivity contribution in [1.82, 2.24) is 10.2 Å². The average molecular weight is 393 g/mol. The van der Waals surface area contributed by atoms with Gasteiger partial charge >= 0.3 is 6.03 Å². The fraction of sp³-hybridized carbons (Fsp3) is 0.188. The minimum atomic E-state index is -1.19. The average Bonchev–Trinajstić information content (AvgIpc) is 3.12. The summed E-state index contributed by atoms with van der Waals surface area (Å²) in [6.07, 6.45) is 0. The molecular weight excluding hydrogens is 380 g/mol. The Labute approximate surface area is 145 Å². The molecule has 1 N–H and O–H groups in total. The number of thiophene rings is 1. The Morgan fingerprint density at radius 2 is 2.00 bits per heavy atom. The minimum Gasteiger partial charge on any atom is -0.319 e. The molecule has 1 atom stereocenters. The number of nitrogens with one attached hydrogen (secondary N) is 1. The second kappa shape index (κ2) is 5.90. The lowest BCUT2D eigenvalue weighted by Gasteiger charge is -2.23. The van der Waals surface area contributed by atoms with Gasteiger partial charge in [0.2, 0.25) is 0 Å². The first-order valence-corrected chi connectivity index (χ1v) is 8.56. The first kappa shape index (κ1) is 15.9. The predicted octanol–water partition coefficient (Wildman–Crippen LogP) is 3.16. The van der Waals surface area contributed by atoms with E-state index in [1.165, 1.54) is 11.3 Å². The van der Waals surface area contributed by atoms with E-state index in [9.17, 15) is 14.4 Å². The van der Waals surface area contributed by atoms with Gasteiger partial charge in [0.15, 0.2) is 5.78 Å². The van der Waals surface area contributed by atoms with Crippen LogP contribution in [0.2, 0.25) is 0 Å². The molecule has 0 unspecified atom stereocenters. The molecular formula is C16H13BrN2O3S. The molecule has 1 aromatic heterocycles. The van der Waals surface area contributed by atoms with Gasteiger partial charge in [-0.15, -0.1) is 11.3 Å². The molecule has 7 heteroatoms. The van der Waals surface area contributed by atoms with Crippen molar-refractivity contribution < 1.29 is 14.4 Å². The maximum atomic E-state index is 12.8. The SMILES string of the molecule is C[C@]1(c2ccccc2Br)NC(=O)N(CC(=O)c2cccs2)C1=O. The number of carbonyl (C=O) groups is 3. The molecule has 23 heavy (non-hydrogen) atoms. The number of amides is 3. The molecule has 1 aromatic carbocycles. The smallest absolute Gasteiger partial charge is 0.319 e. The first-order valence-electron chi connectivity index (χ1n) is 6.89. The summed E-state index contributed by atoms with van der Waals surface area (Å²) in [5.74, 6) is -0.681. The Morgan fingerprint density at radius 1 is 1.26 bits per heavy atom. The summed E-state index contributed by atoms with van der Waals surface area (Å²) in [5, 5.41) is 4.48. The molecule has 0 bridgehead atoms. The van der Waals surface area contributed by atoms with Gasteiger partial charge in [0.1, 0.15) is 5.54 Å². The Morgan fingerprint density at radius 3 is 2.65 bits per heavy atom. The van der Waals surface area contributed by atoms with E-state index in [0.29, 0.717) is 10.4 Å². The zero-order valence-electron chi connectivity index (χ0n) is 12.2. The summed E-state index contributed by atoms with van der Waals surface area (Å²) in [7, 11) is 0. The Kier molecular flexibility index (Phi) is 4.08. The molecule has 0 aliphatic carbocycles. The monoisotopic (exact) mass is 392 g/mol. The summed E-state index contributed by atoms with van der Waals surface area (Å²) in [6.45, 7) is 1.38. The van der Waals surface area contributed by atoms with Gasteiger partial charge in [-0.2, -0.15) is 0 Å². The molecule has 5 nitrogen and oxygen atoms in total. The van der Waals surface area contributed by atoms with Gasteiger partial charge in [0.05, 0.1) is 11.4 Å². The molecule has 2 heterocycles. The van der Waals surface area contributed by atoms with Gasteiger partial charge in [-0.3, -0.25) is 14.5 Å². The van der Waals surface area contributed by atoms with Crippen LogP contribution >= 0.6 is 27.3 Å². The Hall–Kier alpha value is -1.99. The quantitative estimate of drug-likeness (QED) is 0.641. The standard InChI is InChI=1S/C16H13BrN2O3S/c1-16(10-5-2-3-6-11(10)17)14(21)19(15(22)18-16)9-12(20)13-7-4-8-23-13/h2-8H,9H2,1H3,(H,18,22)/t16-/m1/s1. The molecule has 2 aromatic rings. The van der Waals surface area contributed by atoms with Crippen molar-refractivity contribution >= 4 is 45.0 Å². The van der Waals surface area contributed by atoms with Crippen molar-refractivity contribution in [2.24, 2.45) is 0 Å². The minimum absolute atomic E-state index is 0.250. The highest BCUT2D eigenvalue weighted by Crippen LogP contribution is 2.33. The van der Waals surface area contributed by atoms with Crippen LogP contribution in [0.25, 0.3) is 0 Å². The summed E-state index contributed by atoms with van der Waals surface area (Å²) in [5.41, 5.74) is -0.531. The normalized spacial score (nSPS) is 20.7. The van der Waals surface area contributed by atoms with E-state index < -0.39 is 17.5 Å². The molecule has 1 aliphatic heterocycles. The van der Waals surface area contributed by atoms with Crippen LogP contribution in [0.4, 0.5) is 4.79 Å². The number of halogens is 1. The zero-order valence-corrected chi connectivity index (χ0v) is 14.6. The van der Waals surface area contributed by atoms with Gasteiger partial charge in [0.25, 0.3) is 5.91 Å². The van der Waals surface area contributed by atoms with Crippen molar-refractivity contribution in [3.63, 3.8) is 0 Å². The van der Waals surface area contributed by atoms with E-state index >= 15 is 0 Å². The van der Waals surface area contributed by atoms with E-state index in [2.05, 4.69) is 21.2 Å². The van der Waals surface area contributed by atoms with Crippen LogP contribution in [0.3, 0.4) is 0 Å². The summed E-state index contributed by atoms with van der Waals surface area (Å²) >= 11 is 4.69. The van der Waals surface area contributed by atoms with Gasteiger partial charge in [-0.25, -0.2) is 4.79 Å². The summed E-state index contributed by atoms with van der Waals surface area (Å²) in [6, 6.07) is 10.1. The van der Waals surface area contributed by atoms with E-state index in [1.807, 2.05) is 6.07 Å². The third-order valence-corrected chi connectivity index (χ3v) is 5.39. The number of ketones is 1. The van der Waals surface area contributed by atoms with Crippen LogP contribution in [-0.4, -0.2) is 29.2 Å². The molecule has 1 aliphatic rings. The van der Waals surface area contributed by atoms with E-state index in [4.69, 9.17) is 0 Å². The van der Waals surface area contributed by atoms with Crippen LogP contribution in [0.1, 0.15) is 22.2 Å². The molecule has 3 rings (SSSR count). The Bertz CT molecular complexity index is 790. The van der Waals surface area contributed by atoms with Crippen molar-refractivity contribution in [2.75, 3.05) is 6.54 Å². The van der Waals surface area contributed by atoms with Crippen LogP contribution in [-0.2, 0) is 10.3 Å². The van der Waals surface area contributed by atoms with Gasteiger partial charge in [-0.05, 0) is 24.4 Å². The van der Waals surface area contributed by atoms with Crippen molar-refractivity contribution in [2.45, 2.75) is 12.5 Å². The molecule has 0 spiro atoms. The van der Waals surface area contributed by atoms with Gasteiger partial charge < -0.3 is 5.32 Å². The molecule has 0 saturated carbocycles. The molecule has 0 radical (unpaired) electrons. The maximum absolute atomic E-state index is 12.8. The maximum Gasteiger partial charge on any atom is 0.325 e. The van der Waals surface area contributed by atoms with Crippen LogP contribution in [0.15, 0.2) is 46.3 Å². The third-order valence-electron chi connectivity index (χ3n) is 3.79. The summed E-state index contributed by atoms with van der Waals surface area (Å²) in [4.78, 5) is 38.7. The van der Waals surface area contributed by atoms with Crippen molar-refractivity contribution in [3.05, 3.63) is 56.7 Å². The molecule has 3 amide bonds. The number of carbonyl (C=O) groups excluding carboxylic acids is 3. The lowest BCUT2D eigenvalue weighted by Crippen LogP contribution is -2.41. The van der Waals surface area contributed by atoms with E-state index in [-0.39, 0.29) is 12.3 Å². The second-order valence-electron chi connectivity index (χ2n) is 5.33. The number of Topliss-reactive ketones (excluding diaryl/α,β-unsaturated/α-hetero) is 1. The lowest BCUT2D eigenvalue weighted by atomic mass is 9.92. The number of hydrogen-bond donors (Lipinski definition) is 1. The summed E-state index contributed by atoms with van der Waals surface area (Å²) < 4.78 is 0.725. The van der Waals surface area contributed by atoms with E-state index in [1.54, 1.807) is 42.6 Å². The molecule has 118 valence electrons. The molecule has 1 fully saturated rings. The highest BCUT2D eigenvalue weighted by molar-refractivity contribution is 9.10. The predicted molar refractivity (Wildman–Crippen MR) is 90.4 cm³/mol. The van der Waals surface area contributed by atoms with Crippen molar-refractivity contribution in [3.8, 4) is 0 Å². The number of urea groups is 1. The van der Waals surface area contributed by atoms with Crippen LogP contribution in [0.5, 0.6) is 0 Å². The number of hydrogen-bond acceptors (Lipinski definition) is 4. The first-order chi connectivity index (χ1) is 10.9. The van der Waals surface area contributed by atoms with Crippen LogP contribution in [0, 0.1) is 0 Å². The largest absolute Gasteiger partial charge is 0.325 e. The van der Waals surface area contributed by atoms with Gasteiger partial charge in [-0.1, -0.05) is 40.2 Å². The highest BCUT2D eigenvalue weighted by atomic mass is 79.9. The zero-order chi connectivity index (χ0) is 16.6. The van der Waals surface area contributed by atoms with Gasteiger partial charge in [0, 0.05) is 10.0 Å². The fourth-order valence-electron chi connectivity index (χ4n) is 2.55. The topological polar surface area (TPSA) is 66.5 Å². The number of imide groups is 1. The third kappa shape index (κ3) is 2.70.